The Morgan fingerprint density at radius 1 is 0.548 bits per heavy atom. The minimum Gasteiger partial charge on any atom is -0.394 e. The normalized spacial score (nSPS) is 13.9. The minimum absolute atomic E-state index is 0.318. The van der Waals surface area contributed by atoms with Crippen LogP contribution in [0.4, 0.5) is 0 Å². The molecule has 3 unspecified atom stereocenters. The molecule has 0 aromatic heterocycles. The van der Waals surface area contributed by atoms with Crippen LogP contribution in [0.3, 0.4) is 0 Å². The molecule has 0 bridgehead atoms. The van der Waals surface area contributed by atoms with E-state index in [1.54, 1.807) is 0 Å². The van der Waals surface area contributed by atoms with E-state index in [0.717, 1.165) is 38.5 Å². The minimum atomic E-state index is -1.09. The molecule has 4 N–H and O–H groups in total. The largest absolute Gasteiger partial charge is 0.394 e. The Balaban J connectivity index is 3.69. The van der Waals surface area contributed by atoms with Crippen LogP contribution in [0, 0.1) is 0 Å². The number of carbonyl (C=O) groups excluding carboxylic acids is 1. The molecule has 0 saturated heterocycles. The van der Waals surface area contributed by atoms with Crippen molar-refractivity contribution in [2.75, 3.05) is 6.61 Å². The summed E-state index contributed by atoms with van der Waals surface area (Å²) < 4.78 is 0. The van der Waals surface area contributed by atoms with Crippen molar-refractivity contribution >= 4 is 5.91 Å². The zero-order valence-electron chi connectivity index (χ0n) is 28.1. The molecule has 250 valence electrons. The summed E-state index contributed by atoms with van der Waals surface area (Å²) in [6, 6.07) is -0.714. The molecule has 0 aliphatic rings. The summed E-state index contributed by atoms with van der Waals surface area (Å²) in [5.41, 5.74) is 0. The molecule has 0 aliphatic carbocycles. The predicted molar refractivity (Wildman–Crippen MR) is 181 cm³/mol. The second kappa shape index (κ2) is 33.0. The van der Waals surface area contributed by atoms with Crippen molar-refractivity contribution in [1.29, 1.82) is 0 Å². The van der Waals surface area contributed by atoms with Gasteiger partial charge in [0.15, 0.2) is 0 Å². The van der Waals surface area contributed by atoms with Gasteiger partial charge < -0.3 is 20.6 Å². The fourth-order valence-electron chi connectivity index (χ4n) is 5.65. The van der Waals surface area contributed by atoms with E-state index in [-0.39, 0.29) is 6.61 Å². The van der Waals surface area contributed by atoms with Crippen molar-refractivity contribution < 1.29 is 20.1 Å². The SMILES string of the molecule is CCCCCCCC/C=C\CCCCC(O)C(=O)NC(CO)C(O)CCCCCCCCCCCCCCCCCC. The second-order valence-electron chi connectivity index (χ2n) is 12.8. The van der Waals surface area contributed by atoms with Gasteiger partial charge in [0.05, 0.1) is 18.8 Å². The first-order valence-electron chi connectivity index (χ1n) is 18.5. The van der Waals surface area contributed by atoms with E-state index >= 15 is 0 Å². The van der Waals surface area contributed by atoms with Gasteiger partial charge >= 0.3 is 0 Å². The van der Waals surface area contributed by atoms with Gasteiger partial charge in [-0.05, 0) is 38.5 Å². The Kier molecular flexibility index (Phi) is 32.3. The van der Waals surface area contributed by atoms with Gasteiger partial charge in [0.1, 0.15) is 6.10 Å². The molecule has 3 atom stereocenters. The summed E-state index contributed by atoms with van der Waals surface area (Å²) in [5.74, 6) is -0.487. The molecule has 5 nitrogen and oxygen atoms in total. The average Bonchev–Trinajstić information content (AvgIpc) is 2.99. The standard InChI is InChI=1S/C37H73NO4/c1-3-5-7-9-11-13-15-17-18-19-20-22-23-25-27-29-31-35(40)34(33-39)38-37(42)36(41)32-30-28-26-24-21-16-14-12-10-8-6-4-2/h21,24,34-36,39-41H,3-20,22-23,25-33H2,1-2H3,(H,38,42)/b24-21-. The van der Waals surface area contributed by atoms with Crippen molar-refractivity contribution in [2.45, 2.75) is 212 Å². The van der Waals surface area contributed by atoms with Crippen molar-refractivity contribution in [3.05, 3.63) is 12.2 Å². The van der Waals surface area contributed by atoms with Crippen LogP contribution in [-0.4, -0.2) is 46.1 Å². The molecule has 0 aromatic rings. The number of hydrogen-bond donors (Lipinski definition) is 4. The van der Waals surface area contributed by atoms with Crippen molar-refractivity contribution in [3.63, 3.8) is 0 Å². The lowest BCUT2D eigenvalue weighted by molar-refractivity contribution is -0.131. The molecule has 0 fully saturated rings. The molecule has 0 aliphatic heterocycles. The Labute approximate surface area is 261 Å². The molecule has 0 rings (SSSR count). The highest BCUT2D eigenvalue weighted by Gasteiger charge is 2.23. The third-order valence-corrected chi connectivity index (χ3v) is 8.63. The number of aliphatic hydroxyl groups is 3. The molecule has 0 heterocycles. The molecular weight excluding hydrogens is 522 g/mol. The summed E-state index contributed by atoms with van der Waals surface area (Å²) >= 11 is 0. The van der Waals surface area contributed by atoms with E-state index in [1.807, 2.05) is 0 Å². The molecule has 0 saturated carbocycles. The van der Waals surface area contributed by atoms with Gasteiger partial charge in [-0.3, -0.25) is 4.79 Å². The molecule has 1 amide bonds. The van der Waals surface area contributed by atoms with Crippen molar-refractivity contribution in [3.8, 4) is 0 Å². The maximum Gasteiger partial charge on any atom is 0.249 e. The average molecular weight is 596 g/mol. The maximum atomic E-state index is 12.4. The van der Waals surface area contributed by atoms with Gasteiger partial charge in [-0.2, -0.15) is 0 Å². The molecule has 0 aromatic carbocycles. The Bertz CT molecular complexity index is 582. The number of hydrogen-bond acceptors (Lipinski definition) is 4. The van der Waals surface area contributed by atoms with Gasteiger partial charge in [0.2, 0.25) is 5.91 Å². The molecule has 42 heavy (non-hydrogen) atoms. The van der Waals surface area contributed by atoms with Crippen LogP contribution in [0.5, 0.6) is 0 Å². The zero-order chi connectivity index (χ0) is 30.9. The number of amides is 1. The van der Waals surface area contributed by atoms with Crippen molar-refractivity contribution in [2.24, 2.45) is 0 Å². The first-order valence-corrected chi connectivity index (χ1v) is 18.5. The first-order chi connectivity index (χ1) is 20.6. The molecular formula is C37H73NO4. The van der Waals surface area contributed by atoms with Crippen LogP contribution in [0.1, 0.15) is 194 Å². The van der Waals surface area contributed by atoms with Crippen LogP contribution < -0.4 is 5.32 Å². The van der Waals surface area contributed by atoms with E-state index in [9.17, 15) is 20.1 Å². The highest BCUT2D eigenvalue weighted by atomic mass is 16.3. The van der Waals surface area contributed by atoms with Crippen LogP contribution in [0.25, 0.3) is 0 Å². The lowest BCUT2D eigenvalue weighted by Crippen LogP contribution is -2.49. The first kappa shape index (κ1) is 41.1. The Morgan fingerprint density at radius 2 is 0.905 bits per heavy atom. The number of allylic oxidation sites excluding steroid dienone is 2. The molecule has 5 heteroatoms. The highest BCUT2D eigenvalue weighted by molar-refractivity contribution is 5.80. The quantitative estimate of drug-likeness (QED) is 0.0449. The van der Waals surface area contributed by atoms with E-state index in [2.05, 4.69) is 31.3 Å². The molecule has 0 spiro atoms. The lowest BCUT2D eigenvalue weighted by Gasteiger charge is -2.23. The third-order valence-electron chi connectivity index (χ3n) is 8.63. The number of unbranched alkanes of at least 4 members (excludes halogenated alkanes) is 23. The topological polar surface area (TPSA) is 89.8 Å². The fraction of sp³-hybridized carbons (Fsp3) is 0.919. The Morgan fingerprint density at radius 3 is 1.33 bits per heavy atom. The highest BCUT2D eigenvalue weighted by Crippen LogP contribution is 2.15. The van der Waals surface area contributed by atoms with Crippen LogP contribution in [0.2, 0.25) is 0 Å². The van der Waals surface area contributed by atoms with Crippen LogP contribution >= 0.6 is 0 Å². The number of carbonyl (C=O) groups is 1. The predicted octanol–water partition coefficient (Wildman–Crippen LogP) is 9.70. The summed E-state index contributed by atoms with van der Waals surface area (Å²) in [7, 11) is 0. The second-order valence-corrected chi connectivity index (χ2v) is 12.8. The smallest absolute Gasteiger partial charge is 0.249 e. The number of aliphatic hydroxyl groups excluding tert-OH is 3. The summed E-state index contributed by atoms with van der Waals surface area (Å²) in [5, 5.41) is 33.1. The van der Waals surface area contributed by atoms with Crippen LogP contribution in [-0.2, 0) is 4.79 Å². The van der Waals surface area contributed by atoms with E-state index in [4.69, 9.17) is 0 Å². The van der Waals surface area contributed by atoms with Gasteiger partial charge in [-0.15, -0.1) is 0 Å². The van der Waals surface area contributed by atoms with E-state index in [0.29, 0.717) is 12.8 Å². The maximum absolute atomic E-state index is 12.4. The van der Waals surface area contributed by atoms with Crippen LogP contribution in [0.15, 0.2) is 12.2 Å². The summed E-state index contributed by atoms with van der Waals surface area (Å²) in [6.07, 6.45) is 36.2. The van der Waals surface area contributed by atoms with E-state index < -0.39 is 24.2 Å². The summed E-state index contributed by atoms with van der Waals surface area (Å²) in [4.78, 5) is 12.4. The van der Waals surface area contributed by atoms with Gasteiger partial charge in [0, 0.05) is 0 Å². The zero-order valence-corrected chi connectivity index (χ0v) is 28.1. The lowest BCUT2D eigenvalue weighted by atomic mass is 10.0. The van der Waals surface area contributed by atoms with Gasteiger partial charge in [-0.1, -0.05) is 167 Å². The van der Waals surface area contributed by atoms with Gasteiger partial charge in [-0.25, -0.2) is 0 Å². The summed E-state index contributed by atoms with van der Waals surface area (Å²) in [6.45, 7) is 4.20. The molecule has 0 radical (unpaired) electrons. The third kappa shape index (κ3) is 27.9. The monoisotopic (exact) mass is 596 g/mol. The van der Waals surface area contributed by atoms with Crippen molar-refractivity contribution in [1.82, 2.24) is 5.32 Å². The number of rotatable bonds is 33. The van der Waals surface area contributed by atoms with E-state index in [1.165, 1.54) is 128 Å². The Hall–Kier alpha value is -0.910. The fourth-order valence-corrected chi connectivity index (χ4v) is 5.65. The number of nitrogens with one attached hydrogen (secondary N) is 1. The van der Waals surface area contributed by atoms with Gasteiger partial charge in [0.25, 0.3) is 0 Å².